The summed E-state index contributed by atoms with van der Waals surface area (Å²) < 4.78 is 3.52. The third-order valence-corrected chi connectivity index (χ3v) is 4.76. The van der Waals surface area contributed by atoms with Crippen LogP contribution in [0.5, 0.6) is 0 Å². The van der Waals surface area contributed by atoms with Crippen molar-refractivity contribution < 1.29 is 0 Å². The highest BCUT2D eigenvalue weighted by molar-refractivity contribution is 9.10. The summed E-state index contributed by atoms with van der Waals surface area (Å²) in [5.74, 6) is 0. The predicted molar refractivity (Wildman–Crippen MR) is 91.6 cm³/mol. The van der Waals surface area contributed by atoms with Gasteiger partial charge in [0.1, 0.15) is 0 Å². The normalized spacial score (nSPS) is 19.1. The lowest BCUT2D eigenvalue weighted by Crippen LogP contribution is -2.19. The van der Waals surface area contributed by atoms with Gasteiger partial charge in [-0.15, -0.1) is 0 Å². The third-order valence-electron chi connectivity index (χ3n) is 4.27. The van der Waals surface area contributed by atoms with Crippen molar-refractivity contribution in [3.8, 4) is 0 Å². The Labute approximate surface area is 130 Å². The Hall–Kier alpha value is -2.13. The number of nitrogens with zero attached hydrogens (tertiary/aromatic N) is 2. The molecule has 1 unspecified atom stereocenters. The molecule has 0 N–H and O–H groups in total. The summed E-state index contributed by atoms with van der Waals surface area (Å²) in [4.78, 5) is 4.85. The summed E-state index contributed by atoms with van der Waals surface area (Å²) in [6.07, 6.45) is 8.49. The molecule has 2 aliphatic rings. The van der Waals surface area contributed by atoms with Crippen LogP contribution in [-0.2, 0) is 0 Å². The molecule has 5 rings (SSSR count). The second-order valence-electron chi connectivity index (χ2n) is 5.43. The summed E-state index contributed by atoms with van der Waals surface area (Å²) in [7, 11) is 0. The van der Waals surface area contributed by atoms with Crippen LogP contribution in [0.25, 0.3) is 21.8 Å². The second-order valence-corrected chi connectivity index (χ2v) is 6.35. The maximum absolute atomic E-state index is 4.85. The van der Waals surface area contributed by atoms with E-state index in [0.29, 0.717) is 0 Å². The average molecular weight is 335 g/mol. The lowest BCUT2D eigenvalue weighted by molar-refractivity contribution is 0.810. The molecule has 2 aromatic carbocycles. The first-order valence-electron chi connectivity index (χ1n) is 6.98. The molecule has 3 heteroatoms. The van der Waals surface area contributed by atoms with E-state index in [1.54, 1.807) is 0 Å². The van der Waals surface area contributed by atoms with E-state index in [1.165, 1.54) is 21.8 Å². The van der Waals surface area contributed by atoms with E-state index in [1.807, 2.05) is 0 Å². The molecule has 1 aromatic heterocycles. The Morgan fingerprint density at radius 1 is 1.05 bits per heavy atom. The van der Waals surface area contributed by atoms with Crippen LogP contribution >= 0.6 is 15.9 Å². The van der Waals surface area contributed by atoms with Crippen molar-refractivity contribution in [1.82, 2.24) is 4.57 Å². The molecule has 1 aliphatic heterocycles. The van der Waals surface area contributed by atoms with Crippen molar-refractivity contribution in [3.05, 3.63) is 65.2 Å². The minimum Gasteiger partial charge on any atom is -0.326 e. The molecule has 3 aromatic rings. The van der Waals surface area contributed by atoms with Gasteiger partial charge in [-0.3, -0.25) is 0 Å². The molecule has 1 atom stereocenters. The van der Waals surface area contributed by atoms with Gasteiger partial charge in [-0.1, -0.05) is 46.3 Å². The van der Waals surface area contributed by atoms with E-state index in [2.05, 4.69) is 81.2 Å². The first kappa shape index (κ1) is 11.5. The minimum atomic E-state index is 0.200. The fraction of sp³-hybridized carbons (Fsp3) is 0.0556. The molecule has 0 amide bonds. The first-order valence-corrected chi connectivity index (χ1v) is 7.78. The lowest BCUT2D eigenvalue weighted by Gasteiger charge is -2.24. The van der Waals surface area contributed by atoms with Crippen molar-refractivity contribution >= 4 is 49.1 Å². The largest absolute Gasteiger partial charge is 0.326 e. The number of allylic oxidation sites excluding steroid dienone is 4. The molecule has 100 valence electrons. The standard InChI is InChI=1S/C18H11BrN2/c19-11-8-9-16-13(10-11)12-4-3-6-15-18(12)21(16)17-7-2-1-5-14(17)20-15/h1-10,17H. The number of benzene rings is 2. The monoisotopic (exact) mass is 334 g/mol. The Morgan fingerprint density at radius 3 is 2.95 bits per heavy atom. The van der Waals surface area contributed by atoms with Gasteiger partial charge in [-0.2, -0.15) is 0 Å². The fourth-order valence-electron chi connectivity index (χ4n) is 3.42. The summed E-state index contributed by atoms with van der Waals surface area (Å²) in [5.41, 5.74) is 4.67. The van der Waals surface area contributed by atoms with Crippen molar-refractivity contribution in [2.45, 2.75) is 6.04 Å². The lowest BCUT2D eigenvalue weighted by atomic mass is 10.0. The number of aromatic nitrogens is 1. The highest BCUT2D eigenvalue weighted by atomic mass is 79.9. The van der Waals surface area contributed by atoms with Gasteiger partial charge in [0.15, 0.2) is 0 Å². The van der Waals surface area contributed by atoms with Gasteiger partial charge in [0.25, 0.3) is 0 Å². The molecule has 2 nitrogen and oxygen atoms in total. The van der Waals surface area contributed by atoms with Gasteiger partial charge >= 0.3 is 0 Å². The number of aliphatic imine (C=N–C) groups is 1. The zero-order valence-electron chi connectivity index (χ0n) is 11.1. The van der Waals surface area contributed by atoms with Crippen LogP contribution in [0.4, 0.5) is 5.69 Å². The van der Waals surface area contributed by atoms with Crippen LogP contribution in [0.2, 0.25) is 0 Å². The topological polar surface area (TPSA) is 17.3 Å². The summed E-state index contributed by atoms with van der Waals surface area (Å²) >= 11 is 3.59. The van der Waals surface area contributed by atoms with E-state index < -0.39 is 0 Å². The molecular weight excluding hydrogens is 324 g/mol. The molecule has 0 spiro atoms. The van der Waals surface area contributed by atoms with Gasteiger partial charge in [-0.25, -0.2) is 4.99 Å². The van der Waals surface area contributed by atoms with Crippen molar-refractivity contribution in [2.75, 3.05) is 0 Å². The van der Waals surface area contributed by atoms with Crippen LogP contribution in [-0.4, -0.2) is 10.3 Å². The highest BCUT2D eigenvalue weighted by Crippen LogP contribution is 2.42. The van der Waals surface area contributed by atoms with Crippen molar-refractivity contribution in [2.24, 2.45) is 4.99 Å². The quantitative estimate of drug-likeness (QED) is 0.530. The number of hydrogen-bond acceptors (Lipinski definition) is 1. The van der Waals surface area contributed by atoms with Crippen LogP contribution in [0, 0.1) is 0 Å². The van der Waals surface area contributed by atoms with E-state index in [4.69, 9.17) is 4.99 Å². The zero-order chi connectivity index (χ0) is 14.0. The number of rotatable bonds is 0. The van der Waals surface area contributed by atoms with Gasteiger partial charge in [0, 0.05) is 15.2 Å². The van der Waals surface area contributed by atoms with Gasteiger partial charge in [0.2, 0.25) is 0 Å². The SMILES string of the molecule is Brc1ccc2c(c1)c1cccc3c1n2C1C=CC=CC1=N3. The highest BCUT2D eigenvalue weighted by Gasteiger charge is 2.26. The average Bonchev–Trinajstić information content (AvgIpc) is 2.84. The van der Waals surface area contributed by atoms with Gasteiger partial charge < -0.3 is 4.57 Å². The second kappa shape index (κ2) is 3.95. The first-order chi connectivity index (χ1) is 10.3. The predicted octanol–water partition coefficient (Wildman–Crippen LogP) is 5.31. The Balaban J connectivity index is 2.03. The number of fused-ring (bicyclic) bond motifs is 5. The molecule has 0 saturated heterocycles. The summed E-state index contributed by atoms with van der Waals surface area (Å²) in [6, 6.07) is 13.1. The molecule has 0 saturated carbocycles. The molecule has 1 aliphatic carbocycles. The number of halogens is 1. The van der Waals surface area contributed by atoms with Crippen molar-refractivity contribution in [1.29, 1.82) is 0 Å². The summed E-state index contributed by atoms with van der Waals surface area (Å²) in [5, 5.41) is 2.55. The Morgan fingerprint density at radius 2 is 2.00 bits per heavy atom. The van der Waals surface area contributed by atoms with Gasteiger partial charge in [0.05, 0.1) is 28.5 Å². The smallest absolute Gasteiger partial charge is 0.0950 e. The number of para-hydroxylation sites is 1. The molecule has 0 radical (unpaired) electrons. The van der Waals surface area contributed by atoms with E-state index in [0.717, 1.165) is 15.9 Å². The zero-order valence-corrected chi connectivity index (χ0v) is 12.7. The maximum Gasteiger partial charge on any atom is 0.0950 e. The molecule has 0 bridgehead atoms. The fourth-order valence-corrected chi connectivity index (χ4v) is 3.78. The van der Waals surface area contributed by atoms with Crippen LogP contribution in [0.15, 0.2) is 70.2 Å². The number of hydrogen-bond donors (Lipinski definition) is 0. The van der Waals surface area contributed by atoms with Crippen LogP contribution in [0.3, 0.4) is 0 Å². The molecule has 0 fully saturated rings. The molecular formula is C18H11BrN2. The van der Waals surface area contributed by atoms with Crippen molar-refractivity contribution in [3.63, 3.8) is 0 Å². The molecule has 21 heavy (non-hydrogen) atoms. The van der Waals surface area contributed by atoms with Gasteiger partial charge in [-0.05, 0) is 30.3 Å². The molecule has 2 heterocycles. The Bertz CT molecular complexity index is 1000. The van der Waals surface area contributed by atoms with Crippen LogP contribution < -0.4 is 0 Å². The summed E-state index contributed by atoms with van der Waals surface area (Å²) in [6.45, 7) is 0. The van der Waals surface area contributed by atoms with E-state index in [-0.39, 0.29) is 6.04 Å². The van der Waals surface area contributed by atoms with E-state index >= 15 is 0 Å². The minimum absolute atomic E-state index is 0.200. The maximum atomic E-state index is 4.85. The third kappa shape index (κ3) is 1.44. The Kier molecular flexibility index (Phi) is 2.17. The van der Waals surface area contributed by atoms with Crippen LogP contribution in [0.1, 0.15) is 6.04 Å². The van der Waals surface area contributed by atoms with E-state index in [9.17, 15) is 0 Å².